The quantitative estimate of drug-likeness (QED) is 0.556. The van der Waals surface area contributed by atoms with Gasteiger partial charge in [0.25, 0.3) is 5.91 Å². The van der Waals surface area contributed by atoms with Crippen molar-refractivity contribution in [3.05, 3.63) is 58.9 Å². The van der Waals surface area contributed by atoms with Crippen molar-refractivity contribution in [2.24, 2.45) is 5.41 Å². The number of likely N-dealkylation sites (tertiary alicyclic amines) is 1. The number of ether oxygens (including phenoxy) is 2. The Hall–Kier alpha value is -2.84. The van der Waals surface area contributed by atoms with Crippen LogP contribution >= 0.6 is 11.6 Å². The third kappa shape index (κ3) is 6.28. The Bertz CT molecular complexity index is 1080. The van der Waals surface area contributed by atoms with Crippen molar-refractivity contribution in [2.45, 2.75) is 19.3 Å². The molecule has 0 N–H and O–H groups in total. The molecule has 0 saturated carbocycles. The van der Waals surface area contributed by atoms with Gasteiger partial charge < -0.3 is 24.2 Å². The summed E-state index contributed by atoms with van der Waals surface area (Å²) in [4.78, 5) is 32.2. The summed E-state index contributed by atoms with van der Waals surface area (Å²) in [6, 6.07) is 11.5. The summed E-state index contributed by atoms with van der Waals surface area (Å²) in [6.07, 6.45) is 1.57. The molecular formula is C27H33ClFN3O4. The summed E-state index contributed by atoms with van der Waals surface area (Å²) >= 11 is 6.12. The Morgan fingerprint density at radius 3 is 2.36 bits per heavy atom. The summed E-state index contributed by atoms with van der Waals surface area (Å²) in [5, 5.41) is 0.585. The first-order chi connectivity index (χ1) is 17.3. The largest absolute Gasteiger partial charge is 0.494 e. The van der Waals surface area contributed by atoms with Crippen molar-refractivity contribution < 1.29 is 23.5 Å². The van der Waals surface area contributed by atoms with Crippen LogP contribution in [0.15, 0.2) is 42.5 Å². The first kappa shape index (κ1) is 26.2. The average Bonchev–Trinajstić information content (AvgIpc) is 2.88. The van der Waals surface area contributed by atoms with E-state index in [1.807, 2.05) is 17.0 Å². The normalized spacial score (nSPS) is 18.1. The molecule has 7 nitrogen and oxygen atoms in total. The molecule has 4 rings (SSSR count). The minimum absolute atomic E-state index is 0.102. The van der Waals surface area contributed by atoms with E-state index in [0.29, 0.717) is 62.8 Å². The molecular weight excluding hydrogens is 485 g/mol. The van der Waals surface area contributed by atoms with Gasteiger partial charge in [0.15, 0.2) is 11.6 Å². The lowest BCUT2D eigenvalue weighted by Crippen LogP contribution is -2.51. The van der Waals surface area contributed by atoms with E-state index in [9.17, 15) is 14.0 Å². The molecule has 0 aromatic heterocycles. The standard InChI is InChI=1S/C27H33ClFN3O4/c1-30-12-14-31(15-13-30)25(33)18-27(19-36-22-5-3-4-21(28)17-22)8-10-32(11-9-27)26(34)20-6-7-24(35-2)23(29)16-20/h3-7,16-17H,8-15,18-19H2,1-2H3. The van der Waals surface area contributed by atoms with E-state index in [4.69, 9.17) is 21.1 Å². The highest BCUT2D eigenvalue weighted by atomic mass is 35.5. The van der Waals surface area contributed by atoms with Gasteiger partial charge in [0.2, 0.25) is 5.91 Å². The molecule has 2 aliphatic heterocycles. The fourth-order valence-corrected chi connectivity index (χ4v) is 5.00. The molecule has 2 amide bonds. The minimum atomic E-state index is -0.567. The molecule has 0 aliphatic carbocycles. The molecule has 0 radical (unpaired) electrons. The molecule has 0 spiro atoms. The van der Waals surface area contributed by atoms with Crippen LogP contribution in [0.25, 0.3) is 0 Å². The summed E-state index contributed by atoms with van der Waals surface area (Å²) in [7, 11) is 3.45. The Labute approximate surface area is 216 Å². The summed E-state index contributed by atoms with van der Waals surface area (Å²) < 4.78 is 25.3. The van der Waals surface area contributed by atoms with Crippen LogP contribution in [0.4, 0.5) is 4.39 Å². The Kier molecular flexibility index (Phi) is 8.36. The summed E-state index contributed by atoms with van der Waals surface area (Å²) in [5.41, 5.74) is -0.130. The predicted molar refractivity (Wildman–Crippen MR) is 136 cm³/mol. The lowest BCUT2D eigenvalue weighted by Gasteiger charge is -2.42. The smallest absolute Gasteiger partial charge is 0.253 e. The van der Waals surface area contributed by atoms with Crippen LogP contribution in [-0.4, -0.2) is 86.5 Å². The van der Waals surface area contributed by atoms with Crippen molar-refractivity contribution in [3.8, 4) is 11.5 Å². The van der Waals surface area contributed by atoms with Gasteiger partial charge in [-0.1, -0.05) is 17.7 Å². The van der Waals surface area contributed by atoms with Crippen molar-refractivity contribution in [1.82, 2.24) is 14.7 Å². The third-order valence-electron chi connectivity index (χ3n) is 7.23. The fraction of sp³-hybridized carbons (Fsp3) is 0.481. The molecule has 2 saturated heterocycles. The number of amides is 2. The maximum absolute atomic E-state index is 14.2. The second-order valence-corrected chi connectivity index (χ2v) is 10.2. The number of benzene rings is 2. The number of rotatable bonds is 7. The second kappa shape index (κ2) is 11.5. The maximum atomic E-state index is 14.2. The number of hydrogen-bond donors (Lipinski definition) is 0. The third-order valence-corrected chi connectivity index (χ3v) is 7.47. The first-order valence-corrected chi connectivity index (χ1v) is 12.6. The van der Waals surface area contributed by atoms with Crippen molar-refractivity contribution >= 4 is 23.4 Å². The van der Waals surface area contributed by atoms with Crippen molar-refractivity contribution in [2.75, 3.05) is 60.0 Å². The first-order valence-electron chi connectivity index (χ1n) is 12.3. The van der Waals surface area contributed by atoms with Gasteiger partial charge in [-0.15, -0.1) is 0 Å². The van der Waals surface area contributed by atoms with Gasteiger partial charge in [0, 0.05) is 61.7 Å². The van der Waals surface area contributed by atoms with Crippen LogP contribution in [0.3, 0.4) is 0 Å². The SMILES string of the molecule is COc1ccc(C(=O)N2CCC(COc3cccc(Cl)c3)(CC(=O)N3CCN(C)CC3)CC2)cc1F. The minimum Gasteiger partial charge on any atom is -0.494 e. The van der Waals surface area contributed by atoms with Crippen LogP contribution in [0.5, 0.6) is 11.5 Å². The number of likely N-dealkylation sites (N-methyl/N-ethyl adjacent to an activating group) is 1. The van der Waals surface area contributed by atoms with Crippen LogP contribution in [-0.2, 0) is 4.79 Å². The molecule has 0 bridgehead atoms. The van der Waals surface area contributed by atoms with Gasteiger partial charge in [-0.3, -0.25) is 9.59 Å². The number of carbonyl (C=O) groups is 2. The van der Waals surface area contributed by atoms with Gasteiger partial charge in [-0.25, -0.2) is 4.39 Å². The van der Waals surface area contributed by atoms with Crippen LogP contribution in [0.1, 0.15) is 29.6 Å². The Balaban J connectivity index is 1.45. The van der Waals surface area contributed by atoms with E-state index in [2.05, 4.69) is 11.9 Å². The van der Waals surface area contributed by atoms with E-state index in [0.717, 1.165) is 13.1 Å². The number of piperazine rings is 1. The number of hydrogen-bond acceptors (Lipinski definition) is 5. The number of carbonyl (C=O) groups excluding carboxylic acids is 2. The monoisotopic (exact) mass is 517 g/mol. The number of halogens is 2. The van der Waals surface area contributed by atoms with Gasteiger partial charge in [0.1, 0.15) is 5.75 Å². The molecule has 194 valence electrons. The van der Waals surface area contributed by atoms with Gasteiger partial charge in [0.05, 0.1) is 13.7 Å². The zero-order valence-corrected chi connectivity index (χ0v) is 21.6. The highest BCUT2D eigenvalue weighted by Crippen LogP contribution is 2.37. The van der Waals surface area contributed by atoms with Crippen molar-refractivity contribution in [3.63, 3.8) is 0 Å². The average molecular weight is 518 g/mol. The molecule has 2 aromatic carbocycles. The molecule has 36 heavy (non-hydrogen) atoms. The zero-order chi connectivity index (χ0) is 25.7. The van der Waals surface area contributed by atoms with E-state index in [1.54, 1.807) is 23.1 Å². The number of methoxy groups -OCH3 is 1. The molecule has 2 aliphatic rings. The molecule has 0 atom stereocenters. The highest BCUT2D eigenvalue weighted by Gasteiger charge is 2.40. The second-order valence-electron chi connectivity index (χ2n) is 9.75. The molecule has 0 unspecified atom stereocenters. The molecule has 2 aromatic rings. The zero-order valence-electron chi connectivity index (χ0n) is 20.8. The molecule has 2 heterocycles. The number of piperidine rings is 1. The Morgan fingerprint density at radius 2 is 1.72 bits per heavy atom. The Morgan fingerprint density at radius 1 is 1.00 bits per heavy atom. The molecule has 9 heteroatoms. The summed E-state index contributed by atoms with van der Waals surface area (Å²) in [6.45, 7) is 4.42. The lowest BCUT2D eigenvalue weighted by molar-refractivity contribution is -0.136. The predicted octanol–water partition coefficient (Wildman–Crippen LogP) is 3.95. The lowest BCUT2D eigenvalue weighted by atomic mass is 9.75. The topological polar surface area (TPSA) is 62.3 Å². The van der Waals surface area contributed by atoms with E-state index in [-0.39, 0.29) is 23.1 Å². The highest BCUT2D eigenvalue weighted by molar-refractivity contribution is 6.30. The molecule has 2 fully saturated rings. The van der Waals surface area contributed by atoms with Gasteiger partial charge in [-0.05, 0) is 56.3 Å². The fourth-order valence-electron chi connectivity index (χ4n) is 4.82. The van der Waals surface area contributed by atoms with E-state index >= 15 is 0 Å². The van der Waals surface area contributed by atoms with Crippen LogP contribution in [0.2, 0.25) is 5.02 Å². The van der Waals surface area contributed by atoms with Crippen LogP contribution in [0, 0.1) is 11.2 Å². The van der Waals surface area contributed by atoms with Gasteiger partial charge >= 0.3 is 0 Å². The summed E-state index contributed by atoms with van der Waals surface area (Å²) in [5.74, 6) is 0.0782. The maximum Gasteiger partial charge on any atom is 0.253 e. The van der Waals surface area contributed by atoms with Crippen LogP contribution < -0.4 is 9.47 Å². The number of nitrogens with zero attached hydrogens (tertiary/aromatic N) is 3. The van der Waals surface area contributed by atoms with E-state index in [1.165, 1.54) is 19.2 Å². The van der Waals surface area contributed by atoms with Crippen molar-refractivity contribution in [1.29, 1.82) is 0 Å². The van der Waals surface area contributed by atoms with E-state index < -0.39 is 11.2 Å². The van der Waals surface area contributed by atoms with Gasteiger partial charge in [-0.2, -0.15) is 0 Å².